The summed E-state index contributed by atoms with van der Waals surface area (Å²) < 4.78 is 0.435. The number of hydrogen-bond acceptors (Lipinski definition) is 3. The van der Waals surface area contributed by atoms with Crippen LogP contribution in [0.5, 0.6) is 0 Å². The second-order valence-electron chi connectivity index (χ2n) is 3.40. The van der Waals surface area contributed by atoms with Gasteiger partial charge in [-0.2, -0.15) is 0 Å². The summed E-state index contributed by atoms with van der Waals surface area (Å²) in [5.41, 5.74) is 12.4. The van der Waals surface area contributed by atoms with E-state index >= 15 is 0 Å². The van der Waals surface area contributed by atoms with Gasteiger partial charge in [-0.1, -0.05) is 0 Å². The number of benzene rings is 1. The van der Waals surface area contributed by atoms with Crippen molar-refractivity contribution in [1.29, 1.82) is 0 Å². The first-order valence-electron chi connectivity index (χ1n) is 4.40. The first kappa shape index (κ1) is 12.8. The van der Waals surface area contributed by atoms with E-state index in [1.807, 2.05) is 22.6 Å². The molecule has 0 atom stereocenters. The number of halogens is 1. The summed E-state index contributed by atoms with van der Waals surface area (Å²) in [5, 5.41) is 9.06. The maximum Gasteiger partial charge on any atom is 0.337 e. The highest BCUT2D eigenvalue weighted by Gasteiger charge is 2.23. The summed E-state index contributed by atoms with van der Waals surface area (Å²) in [6.07, 6.45) is 0. The lowest BCUT2D eigenvalue weighted by Crippen LogP contribution is -2.19. The summed E-state index contributed by atoms with van der Waals surface area (Å²) in [4.78, 5) is 22.3. The van der Waals surface area contributed by atoms with Gasteiger partial charge in [0, 0.05) is 11.3 Å². The zero-order chi connectivity index (χ0) is 12.6. The van der Waals surface area contributed by atoms with Gasteiger partial charge in [0.1, 0.15) is 0 Å². The Labute approximate surface area is 106 Å². The molecule has 5 N–H and O–H groups in total. The fraction of sp³-hybridized carbons (Fsp3) is 0.200. The van der Waals surface area contributed by atoms with Gasteiger partial charge in [-0.15, -0.1) is 0 Å². The third-order valence-corrected chi connectivity index (χ3v) is 3.57. The van der Waals surface area contributed by atoms with E-state index < -0.39 is 11.9 Å². The minimum Gasteiger partial charge on any atom is -0.478 e. The first-order chi connectivity index (χ1) is 7.29. The molecule has 0 fully saturated rings. The fourth-order valence-electron chi connectivity index (χ4n) is 1.63. The van der Waals surface area contributed by atoms with Gasteiger partial charge < -0.3 is 16.6 Å². The maximum atomic E-state index is 11.3. The van der Waals surface area contributed by atoms with Crippen LogP contribution in [0.15, 0.2) is 0 Å². The molecule has 1 rings (SSSR count). The summed E-state index contributed by atoms with van der Waals surface area (Å²) in [6, 6.07) is 0. The van der Waals surface area contributed by atoms with E-state index in [4.69, 9.17) is 16.6 Å². The Kier molecular flexibility index (Phi) is 3.41. The number of amides is 1. The molecular weight excluding hydrogens is 323 g/mol. The highest BCUT2D eigenvalue weighted by molar-refractivity contribution is 14.1. The standard InChI is InChI=1S/C10H11IN2O3/c1-3-5(9(13)14)4(2)8(12)7(11)6(3)10(15)16/h12H2,1-2H3,(H2,13,14)(H,15,16). The predicted molar refractivity (Wildman–Crippen MR) is 68.5 cm³/mol. The molecule has 0 aliphatic rings. The van der Waals surface area contributed by atoms with Crippen LogP contribution >= 0.6 is 22.6 Å². The van der Waals surface area contributed by atoms with Crippen molar-refractivity contribution in [3.8, 4) is 0 Å². The summed E-state index contributed by atoms with van der Waals surface area (Å²) >= 11 is 1.85. The van der Waals surface area contributed by atoms with Crippen molar-refractivity contribution in [2.45, 2.75) is 13.8 Å². The molecule has 0 aliphatic carbocycles. The first-order valence-corrected chi connectivity index (χ1v) is 5.48. The van der Waals surface area contributed by atoms with Crippen molar-refractivity contribution in [3.05, 3.63) is 25.8 Å². The molecule has 86 valence electrons. The molecule has 0 radical (unpaired) electrons. The SMILES string of the molecule is Cc1c(N)c(I)c(C(=O)O)c(C)c1C(N)=O. The van der Waals surface area contributed by atoms with E-state index in [0.29, 0.717) is 14.7 Å². The molecule has 1 aromatic rings. The molecule has 1 aromatic carbocycles. The molecule has 0 aliphatic heterocycles. The third kappa shape index (κ3) is 1.84. The normalized spacial score (nSPS) is 10.2. The number of carbonyl (C=O) groups excluding carboxylic acids is 1. The molecule has 6 heteroatoms. The van der Waals surface area contributed by atoms with E-state index in [0.717, 1.165) is 0 Å². The lowest BCUT2D eigenvalue weighted by atomic mass is 9.95. The molecule has 0 spiro atoms. The number of anilines is 1. The van der Waals surface area contributed by atoms with Gasteiger partial charge in [0.15, 0.2) is 0 Å². The molecule has 0 saturated carbocycles. The quantitative estimate of drug-likeness (QED) is 0.560. The van der Waals surface area contributed by atoms with Gasteiger partial charge in [0.2, 0.25) is 5.91 Å². The third-order valence-electron chi connectivity index (χ3n) is 2.45. The van der Waals surface area contributed by atoms with E-state index in [-0.39, 0.29) is 16.8 Å². The van der Waals surface area contributed by atoms with Crippen LogP contribution in [-0.4, -0.2) is 17.0 Å². The fourth-order valence-corrected chi connectivity index (χ4v) is 2.67. The Bertz CT molecular complexity index is 456. The topological polar surface area (TPSA) is 106 Å². The zero-order valence-corrected chi connectivity index (χ0v) is 11.0. The number of primary amides is 1. The Balaban J connectivity index is 3.80. The average Bonchev–Trinajstić information content (AvgIpc) is 2.13. The number of carboxylic acids is 1. The van der Waals surface area contributed by atoms with E-state index in [1.165, 1.54) is 0 Å². The summed E-state index contributed by atoms with van der Waals surface area (Å²) in [7, 11) is 0. The van der Waals surface area contributed by atoms with Crippen LogP contribution in [-0.2, 0) is 0 Å². The van der Waals surface area contributed by atoms with Gasteiger partial charge in [-0.05, 0) is 47.6 Å². The van der Waals surface area contributed by atoms with E-state index in [1.54, 1.807) is 13.8 Å². The molecule has 5 nitrogen and oxygen atoms in total. The van der Waals surface area contributed by atoms with Crippen molar-refractivity contribution in [1.82, 2.24) is 0 Å². The molecule has 0 bridgehead atoms. The lowest BCUT2D eigenvalue weighted by molar-refractivity contribution is 0.0695. The van der Waals surface area contributed by atoms with Crippen LogP contribution in [0.3, 0.4) is 0 Å². The summed E-state index contributed by atoms with van der Waals surface area (Å²) in [6.45, 7) is 3.20. The van der Waals surface area contributed by atoms with Crippen LogP contribution in [0.25, 0.3) is 0 Å². The van der Waals surface area contributed by atoms with E-state index in [2.05, 4.69) is 0 Å². The number of rotatable bonds is 2. The van der Waals surface area contributed by atoms with Crippen LogP contribution in [0, 0.1) is 17.4 Å². The second-order valence-corrected chi connectivity index (χ2v) is 4.48. The summed E-state index contributed by atoms with van der Waals surface area (Å²) in [5.74, 6) is -1.78. The van der Waals surface area contributed by atoms with Crippen molar-refractivity contribution in [2.24, 2.45) is 5.73 Å². The minimum atomic E-state index is -1.11. The molecule has 0 aromatic heterocycles. The van der Waals surface area contributed by atoms with Crippen molar-refractivity contribution >= 4 is 40.2 Å². The van der Waals surface area contributed by atoms with Gasteiger partial charge in [0.25, 0.3) is 0 Å². The monoisotopic (exact) mass is 334 g/mol. The highest BCUT2D eigenvalue weighted by Crippen LogP contribution is 2.30. The number of aromatic carboxylic acids is 1. The van der Waals surface area contributed by atoms with Crippen molar-refractivity contribution in [3.63, 3.8) is 0 Å². The Morgan fingerprint density at radius 3 is 2.06 bits per heavy atom. The van der Waals surface area contributed by atoms with Crippen LogP contribution in [0.4, 0.5) is 5.69 Å². The van der Waals surface area contributed by atoms with E-state index in [9.17, 15) is 9.59 Å². The van der Waals surface area contributed by atoms with Crippen LogP contribution in [0.1, 0.15) is 31.8 Å². The minimum absolute atomic E-state index is 0.0394. The predicted octanol–water partition coefficient (Wildman–Crippen LogP) is 1.29. The van der Waals surface area contributed by atoms with Crippen LogP contribution in [0.2, 0.25) is 0 Å². The second kappa shape index (κ2) is 4.28. The Hall–Kier alpha value is -1.31. The zero-order valence-electron chi connectivity index (χ0n) is 8.80. The number of nitrogens with two attached hydrogens (primary N) is 2. The molecule has 0 heterocycles. The largest absolute Gasteiger partial charge is 0.478 e. The van der Waals surface area contributed by atoms with Gasteiger partial charge in [-0.3, -0.25) is 4.79 Å². The van der Waals surface area contributed by atoms with Crippen molar-refractivity contribution in [2.75, 3.05) is 5.73 Å². The van der Waals surface area contributed by atoms with Gasteiger partial charge in [-0.25, -0.2) is 4.79 Å². The highest BCUT2D eigenvalue weighted by atomic mass is 127. The molecule has 16 heavy (non-hydrogen) atoms. The number of hydrogen-bond donors (Lipinski definition) is 3. The Morgan fingerprint density at radius 1 is 1.19 bits per heavy atom. The molecule has 0 saturated heterocycles. The Morgan fingerprint density at radius 2 is 1.69 bits per heavy atom. The number of carbonyl (C=O) groups is 2. The smallest absolute Gasteiger partial charge is 0.337 e. The van der Waals surface area contributed by atoms with Gasteiger partial charge in [0.05, 0.1) is 9.13 Å². The molecular formula is C10H11IN2O3. The molecule has 0 unspecified atom stereocenters. The van der Waals surface area contributed by atoms with Crippen molar-refractivity contribution < 1.29 is 14.7 Å². The lowest BCUT2D eigenvalue weighted by Gasteiger charge is -2.14. The maximum absolute atomic E-state index is 11.3. The number of nitrogen functional groups attached to an aromatic ring is 1. The number of carboxylic acid groups (broad SMARTS) is 1. The average molecular weight is 334 g/mol. The van der Waals surface area contributed by atoms with Crippen LogP contribution < -0.4 is 11.5 Å². The molecule has 1 amide bonds. The van der Waals surface area contributed by atoms with Gasteiger partial charge >= 0.3 is 5.97 Å².